The Morgan fingerprint density at radius 1 is 1.09 bits per heavy atom. The van der Waals surface area contributed by atoms with Gasteiger partial charge in [-0.2, -0.15) is 0 Å². The topological polar surface area (TPSA) is 109 Å². The average Bonchev–Trinajstić information content (AvgIpc) is 3.34. The summed E-state index contributed by atoms with van der Waals surface area (Å²) in [5.41, 5.74) is 1.47. The Bertz CT molecular complexity index is 1230. The first-order valence-corrected chi connectivity index (χ1v) is 11.2. The zero-order chi connectivity index (χ0) is 24.2. The van der Waals surface area contributed by atoms with Crippen LogP contribution in [0, 0.1) is 10.1 Å². The number of carbonyl (C=O) groups is 2. The number of nitro groups is 1. The quantitative estimate of drug-likeness (QED) is 0.398. The number of furan rings is 1. The number of halogens is 1. The molecule has 176 valence electrons. The van der Waals surface area contributed by atoms with Crippen LogP contribution in [0.15, 0.2) is 59.0 Å². The molecule has 3 aromatic rings. The molecular weight excluding hydrogens is 460 g/mol. The van der Waals surface area contributed by atoms with Crippen molar-refractivity contribution in [2.24, 2.45) is 0 Å². The number of nitrogens with one attached hydrogen (secondary N) is 1. The largest absolute Gasteiger partial charge is 0.451 e. The Morgan fingerprint density at radius 2 is 1.82 bits per heavy atom. The SMILES string of the molecule is CCC(=O)N1CCN(c2ccc(Cl)cc2NC(=O)c2ccc(-c3ccccc3[N+](=O)[O-])o2)CC1. The van der Waals surface area contributed by atoms with Gasteiger partial charge in [0.1, 0.15) is 5.76 Å². The lowest BCUT2D eigenvalue weighted by atomic mass is 10.1. The number of nitrogens with zero attached hydrogens (tertiary/aromatic N) is 3. The van der Waals surface area contributed by atoms with Gasteiger partial charge in [0.2, 0.25) is 5.91 Å². The molecule has 2 heterocycles. The number of amides is 2. The smallest absolute Gasteiger partial charge is 0.291 e. The van der Waals surface area contributed by atoms with Crippen LogP contribution in [0.4, 0.5) is 17.1 Å². The van der Waals surface area contributed by atoms with E-state index in [9.17, 15) is 19.7 Å². The Hall–Kier alpha value is -3.85. The predicted molar refractivity (Wildman–Crippen MR) is 129 cm³/mol. The van der Waals surface area contributed by atoms with E-state index >= 15 is 0 Å². The normalized spacial score (nSPS) is 13.6. The summed E-state index contributed by atoms with van der Waals surface area (Å²) < 4.78 is 5.66. The Morgan fingerprint density at radius 3 is 2.53 bits per heavy atom. The number of rotatable bonds is 6. The summed E-state index contributed by atoms with van der Waals surface area (Å²) >= 11 is 6.19. The standard InChI is InChI=1S/C24H23ClN4O5/c1-2-23(30)28-13-11-27(12-14-28)20-8-7-16(25)15-18(20)26-24(31)22-10-9-21(34-22)17-5-3-4-6-19(17)29(32)33/h3-10,15H,2,11-14H2,1H3,(H,26,31). The fourth-order valence-corrected chi connectivity index (χ4v) is 4.11. The molecule has 4 rings (SSSR count). The molecule has 1 N–H and O–H groups in total. The van der Waals surface area contributed by atoms with Crippen LogP contribution < -0.4 is 10.2 Å². The molecule has 34 heavy (non-hydrogen) atoms. The van der Waals surface area contributed by atoms with Crippen molar-refractivity contribution in [2.45, 2.75) is 13.3 Å². The van der Waals surface area contributed by atoms with Gasteiger partial charge in [0.25, 0.3) is 11.6 Å². The van der Waals surface area contributed by atoms with Crippen molar-refractivity contribution >= 4 is 40.5 Å². The summed E-state index contributed by atoms with van der Waals surface area (Å²) in [6, 6.07) is 14.4. The molecule has 1 fully saturated rings. The summed E-state index contributed by atoms with van der Waals surface area (Å²) in [6.45, 7) is 4.29. The Labute approximate surface area is 201 Å². The molecule has 0 aliphatic carbocycles. The molecule has 0 atom stereocenters. The van der Waals surface area contributed by atoms with E-state index in [1.54, 1.807) is 30.3 Å². The maximum atomic E-state index is 13.0. The third-order valence-corrected chi connectivity index (χ3v) is 5.91. The molecule has 1 aliphatic heterocycles. The molecule has 0 bridgehead atoms. The van der Waals surface area contributed by atoms with Gasteiger partial charge in [-0.15, -0.1) is 0 Å². The minimum absolute atomic E-state index is 0.0115. The highest BCUT2D eigenvalue weighted by molar-refractivity contribution is 6.31. The first-order chi connectivity index (χ1) is 16.4. The zero-order valence-corrected chi connectivity index (χ0v) is 19.2. The summed E-state index contributed by atoms with van der Waals surface area (Å²) in [5.74, 6) is -0.150. The van der Waals surface area contributed by atoms with E-state index in [-0.39, 0.29) is 28.7 Å². The fourth-order valence-electron chi connectivity index (χ4n) is 3.93. The summed E-state index contributed by atoms with van der Waals surface area (Å²) in [7, 11) is 0. The van der Waals surface area contributed by atoms with Gasteiger partial charge in [-0.05, 0) is 36.4 Å². The number of benzene rings is 2. The highest BCUT2D eigenvalue weighted by Gasteiger charge is 2.24. The number of hydrogen-bond donors (Lipinski definition) is 1. The van der Waals surface area contributed by atoms with Crippen molar-refractivity contribution < 1.29 is 18.9 Å². The molecule has 1 aliphatic rings. The average molecular weight is 483 g/mol. The fraction of sp³-hybridized carbons (Fsp3) is 0.250. The van der Waals surface area contributed by atoms with Gasteiger partial charge >= 0.3 is 0 Å². The van der Waals surface area contributed by atoms with E-state index in [0.29, 0.717) is 43.3 Å². The Balaban J connectivity index is 1.53. The first-order valence-electron chi connectivity index (χ1n) is 10.8. The van der Waals surface area contributed by atoms with Crippen LogP contribution >= 0.6 is 11.6 Å². The van der Waals surface area contributed by atoms with E-state index in [2.05, 4.69) is 10.2 Å². The number of hydrogen-bond acceptors (Lipinski definition) is 6. The lowest BCUT2D eigenvalue weighted by molar-refractivity contribution is -0.384. The van der Waals surface area contributed by atoms with Gasteiger partial charge in [0.05, 0.1) is 21.9 Å². The van der Waals surface area contributed by atoms with Gasteiger partial charge in [-0.1, -0.05) is 30.7 Å². The van der Waals surface area contributed by atoms with E-state index in [1.807, 2.05) is 17.9 Å². The molecule has 1 aromatic heterocycles. The molecule has 0 saturated carbocycles. The second-order valence-corrected chi connectivity index (χ2v) is 8.21. The highest BCUT2D eigenvalue weighted by atomic mass is 35.5. The van der Waals surface area contributed by atoms with Crippen molar-refractivity contribution in [1.82, 2.24) is 4.90 Å². The maximum absolute atomic E-state index is 13.0. The van der Waals surface area contributed by atoms with Crippen LogP contribution in [-0.2, 0) is 4.79 Å². The number of para-hydroxylation sites is 1. The van der Waals surface area contributed by atoms with E-state index < -0.39 is 10.8 Å². The molecule has 2 amide bonds. The minimum atomic E-state index is -0.506. The summed E-state index contributed by atoms with van der Waals surface area (Å²) in [4.78, 5) is 39.7. The number of carbonyl (C=O) groups excluding carboxylic acids is 2. The van der Waals surface area contributed by atoms with Crippen LogP contribution in [0.3, 0.4) is 0 Å². The second kappa shape index (κ2) is 9.96. The van der Waals surface area contributed by atoms with Crippen molar-refractivity contribution in [3.05, 3.63) is 75.5 Å². The van der Waals surface area contributed by atoms with E-state index in [1.165, 1.54) is 18.2 Å². The van der Waals surface area contributed by atoms with Gasteiger partial charge in [-0.25, -0.2) is 0 Å². The van der Waals surface area contributed by atoms with Crippen LogP contribution in [0.5, 0.6) is 0 Å². The third-order valence-electron chi connectivity index (χ3n) is 5.68. The number of piperazine rings is 1. The van der Waals surface area contributed by atoms with E-state index in [0.717, 1.165) is 5.69 Å². The first kappa shape index (κ1) is 23.3. The molecule has 9 nitrogen and oxygen atoms in total. The molecule has 0 spiro atoms. The lowest BCUT2D eigenvalue weighted by Crippen LogP contribution is -2.48. The van der Waals surface area contributed by atoms with Gasteiger partial charge in [-0.3, -0.25) is 19.7 Å². The zero-order valence-electron chi connectivity index (χ0n) is 18.5. The van der Waals surface area contributed by atoms with E-state index in [4.69, 9.17) is 16.0 Å². The van der Waals surface area contributed by atoms with Gasteiger partial charge in [0.15, 0.2) is 5.76 Å². The number of nitro benzene ring substituents is 1. The molecular formula is C24H23ClN4O5. The van der Waals surface area contributed by atoms with Crippen molar-refractivity contribution in [3.8, 4) is 11.3 Å². The van der Waals surface area contributed by atoms with Crippen LogP contribution in [-0.4, -0.2) is 47.8 Å². The number of anilines is 2. The van der Waals surface area contributed by atoms with Crippen molar-refractivity contribution in [2.75, 3.05) is 36.4 Å². The Kier molecular flexibility index (Phi) is 6.83. The van der Waals surface area contributed by atoms with Gasteiger partial charge < -0.3 is 19.5 Å². The molecule has 10 heteroatoms. The minimum Gasteiger partial charge on any atom is -0.451 e. The van der Waals surface area contributed by atoms with Crippen molar-refractivity contribution in [1.29, 1.82) is 0 Å². The molecule has 2 aromatic carbocycles. The summed E-state index contributed by atoms with van der Waals surface area (Å²) in [6.07, 6.45) is 0.472. The second-order valence-electron chi connectivity index (χ2n) is 7.78. The predicted octanol–water partition coefficient (Wildman–Crippen LogP) is 4.82. The lowest BCUT2D eigenvalue weighted by Gasteiger charge is -2.37. The van der Waals surface area contributed by atoms with Crippen molar-refractivity contribution in [3.63, 3.8) is 0 Å². The molecule has 0 radical (unpaired) electrons. The van der Waals surface area contributed by atoms with Crippen LogP contribution in [0.2, 0.25) is 5.02 Å². The van der Waals surface area contributed by atoms with Gasteiger partial charge in [0, 0.05) is 43.7 Å². The monoisotopic (exact) mass is 482 g/mol. The highest BCUT2D eigenvalue weighted by Crippen LogP contribution is 2.33. The van der Waals surface area contributed by atoms with Crippen LogP contribution in [0.1, 0.15) is 23.9 Å². The maximum Gasteiger partial charge on any atom is 0.291 e. The molecule has 0 unspecified atom stereocenters. The van der Waals surface area contributed by atoms with Crippen LogP contribution in [0.25, 0.3) is 11.3 Å². The third kappa shape index (κ3) is 4.89. The molecule has 1 saturated heterocycles. The summed E-state index contributed by atoms with van der Waals surface area (Å²) in [5, 5.41) is 14.6.